The third-order valence-corrected chi connectivity index (χ3v) is 4.11. The van der Waals surface area contributed by atoms with Gasteiger partial charge in [0.2, 0.25) is 0 Å². The average Bonchev–Trinajstić information content (AvgIpc) is 2.81. The van der Waals surface area contributed by atoms with Crippen LogP contribution in [-0.2, 0) is 17.6 Å². The van der Waals surface area contributed by atoms with Gasteiger partial charge in [0.25, 0.3) is 0 Å². The lowest BCUT2D eigenvalue weighted by molar-refractivity contribution is 0.0570. The Hall–Kier alpha value is -1.23. The second-order valence-corrected chi connectivity index (χ2v) is 5.59. The highest BCUT2D eigenvalue weighted by molar-refractivity contribution is 5.51. The van der Waals surface area contributed by atoms with Crippen LogP contribution in [0.15, 0.2) is 6.33 Å². The van der Waals surface area contributed by atoms with E-state index >= 15 is 0 Å². The number of hydrogen-bond acceptors (Lipinski definition) is 4. The first kappa shape index (κ1) is 12.8. The topological polar surface area (TPSA) is 38.2 Å². The number of methoxy groups -OCH3 is 1. The van der Waals surface area contributed by atoms with E-state index in [-0.39, 0.29) is 6.61 Å². The van der Waals surface area contributed by atoms with E-state index in [1.165, 1.54) is 18.4 Å². The van der Waals surface area contributed by atoms with E-state index in [9.17, 15) is 4.39 Å². The van der Waals surface area contributed by atoms with Gasteiger partial charge in [-0.25, -0.2) is 14.4 Å². The summed E-state index contributed by atoms with van der Waals surface area (Å²) in [7, 11) is 1.55. The summed E-state index contributed by atoms with van der Waals surface area (Å²) in [5, 5.41) is 0. The Kier molecular flexibility index (Phi) is 3.39. The molecule has 5 heteroatoms. The molecule has 1 unspecified atom stereocenters. The molecule has 4 nitrogen and oxygen atoms in total. The van der Waals surface area contributed by atoms with Gasteiger partial charge in [-0.05, 0) is 25.7 Å². The summed E-state index contributed by atoms with van der Waals surface area (Å²) in [6.45, 7) is 1.25. The highest BCUT2D eigenvalue weighted by Gasteiger charge is 2.39. The van der Waals surface area contributed by atoms with Crippen LogP contribution in [0.1, 0.15) is 30.5 Å². The molecule has 0 saturated carbocycles. The summed E-state index contributed by atoms with van der Waals surface area (Å²) < 4.78 is 19.5. The van der Waals surface area contributed by atoms with Crippen LogP contribution in [0, 0.1) is 0 Å². The maximum Gasteiger partial charge on any atom is 0.153 e. The van der Waals surface area contributed by atoms with Gasteiger partial charge in [-0.1, -0.05) is 0 Å². The number of halogens is 1. The SMILES string of the molecule is COCC1(F)CCN(c2ncnc3c2CCCC3)C1. The summed E-state index contributed by atoms with van der Waals surface area (Å²) in [6, 6.07) is 0. The number of anilines is 1. The predicted octanol–water partition coefficient (Wildman–Crippen LogP) is 1.92. The van der Waals surface area contributed by atoms with Crippen LogP contribution < -0.4 is 4.90 Å². The normalized spacial score (nSPS) is 26.5. The van der Waals surface area contributed by atoms with Crippen molar-refractivity contribution in [1.29, 1.82) is 0 Å². The first-order chi connectivity index (χ1) is 9.22. The van der Waals surface area contributed by atoms with E-state index < -0.39 is 5.67 Å². The molecule has 0 amide bonds. The van der Waals surface area contributed by atoms with Crippen LogP contribution in [-0.4, -0.2) is 42.4 Å². The highest BCUT2D eigenvalue weighted by atomic mass is 19.1. The highest BCUT2D eigenvalue weighted by Crippen LogP contribution is 2.33. The van der Waals surface area contributed by atoms with Gasteiger partial charge in [0.1, 0.15) is 12.1 Å². The Bertz CT molecular complexity index is 468. The molecule has 0 radical (unpaired) electrons. The zero-order valence-electron chi connectivity index (χ0n) is 11.4. The molecule has 104 valence electrons. The van der Waals surface area contributed by atoms with Crippen molar-refractivity contribution in [2.45, 2.75) is 37.8 Å². The van der Waals surface area contributed by atoms with E-state index in [4.69, 9.17) is 4.74 Å². The maximum atomic E-state index is 14.5. The first-order valence-electron chi connectivity index (χ1n) is 6.97. The third kappa shape index (κ3) is 2.43. The van der Waals surface area contributed by atoms with E-state index in [2.05, 4.69) is 14.9 Å². The van der Waals surface area contributed by atoms with E-state index in [0.717, 1.165) is 24.4 Å². The second kappa shape index (κ2) is 5.04. The lowest BCUT2D eigenvalue weighted by Crippen LogP contribution is -2.34. The van der Waals surface area contributed by atoms with Crippen LogP contribution in [0.5, 0.6) is 0 Å². The Morgan fingerprint density at radius 1 is 1.37 bits per heavy atom. The van der Waals surface area contributed by atoms with Crippen molar-refractivity contribution in [3.63, 3.8) is 0 Å². The number of nitrogens with zero attached hydrogens (tertiary/aromatic N) is 3. The maximum absolute atomic E-state index is 14.5. The molecule has 0 aromatic carbocycles. The molecule has 1 atom stereocenters. The third-order valence-electron chi connectivity index (χ3n) is 4.11. The van der Waals surface area contributed by atoms with Crippen molar-refractivity contribution in [2.75, 3.05) is 31.7 Å². The molecule has 0 spiro atoms. The van der Waals surface area contributed by atoms with Crippen LogP contribution >= 0.6 is 0 Å². The minimum atomic E-state index is -1.23. The number of hydrogen-bond donors (Lipinski definition) is 0. The van der Waals surface area contributed by atoms with Gasteiger partial charge >= 0.3 is 0 Å². The van der Waals surface area contributed by atoms with E-state index in [0.29, 0.717) is 19.5 Å². The Morgan fingerprint density at radius 2 is 2.21 bits per heavy atom. The summed E-state index contributed by atoms with van der Waals surface area (Å²) in [5.41, 5.74) is 1.15. The molecule has 2 heterocycles. The molecule has 3 rings (SSSR count). The minimum Gasteiger partial charge on any atom is -0.381 e. The fourth-order valence-corrected chi connectivity index (χ4v) is 3.17. The number of rotatable bonds is 3. The second-order valence-electron chi connectivity index (χ2n) is 5.59. The molecule has 1 aliphatic carbocycles. The Morgan fingerprint density at radius 3 is 3.05 bits per heavy atom. The number of ether oxygens (including phenoxy) is 1. The van der Waals surface area contributed by atoms with E-state index in [1.54, 1.807) is 13.4 Å². The molecule has 1 fully saturated rings. The molecule has 2 aliphatic rings. The Labute approximate surface area is 113 Å². The van der Waals surface area contributed by atoms with Gasteiger partial charge in [-0.3, -0.25) is 0 Å². The molecule has 1 saturated heterocycles. The van der Waals surface area contributed by atoms with Gasteiger partial charge in [0.15, 0.2) is 5.67 Å². The average molecular weight is 265 g/mol. The largest absolute Gasteiger partial charge is 0.381 e. The van der Waals surface area contributed by atoms with Crippen LogP contribution in [0.4, 0.5) is 10.2 Å². The summed E-state index contributed by atoms with van der Waals surface area (Å²) >= 11 is 0. The van der Waals surface area contributed by atoms with Crippen molar-refractivity contribution in [3.05, 3.63) is 17.6 Å². The van der Waals surface area contributed by atoms with E-state index in [1.807, 2.05) is 0 Å². The molecular formula is C14H20FN3O. The van der Waals surface area contributed by atoms with Gasteiger partial charge in [0.05, 0.1) is 13.2 Å². The molecule has 19 heavy (non-hydrogen) atoms. The minimum absolute atomic E-state index is 0.163. The van der Waals surface area contributed by atoms with Crippen LogP contribution in [0.25, 0.3) is 0 Å². The lowest BCUT2D eigenvalue weighted by Gasteiger charge is -2.25. The number of alkyl halides is 1. The zero-order chi connectivity index (χ0) is 13.3. The molecule has 1 aromatic heterocycles. The van der Waals surface area contributed by atoms with Crippen molar-refractivity contribution in [2.24, 2.45) is 0 Å². The molecular weight excluding hydrogens is 245 g/mol. The Balaban J connectivity index is 1.84. The monoisotopic (exact) mass is 265 g/mol. The van der Waals surface area contributed by atoms with Crippen molar-refractivity contribution >= 4 is 5.82 Å². The van der Waals surface area contributed by atoms with Crippen molar-refractivity contribution in [3.8, 4) is 0 Å². The lowest BCUT2D eigenvalue weighted by atomic mass is 9.96. The molecule has 1 aromatic rings. The molecule has 0 N–H and O–H groups in total. The van der Waals surface area contributed by atoms with Crippen molar-refractivity contribution < 1.29 is 9.13 Å². The smallest absolute Gasteiger partial charge is 0.153 e. The quantitative estimate of drug-likeness (QED) is 0.837. The summed E-state index contributed by atoms with van der Waals surface area (Å²) in [6.07, 6.45) is 6.55. The van der Waals surface area contributed by atoms with Gasteiger partial charge < -0.3 is 9.64 Å². The molecule has 0 bridgehead atoms. The van der Waals surface area contributed by atoms with Gasteiger partial charge in [-0.15, -0.1) is 0 Å². The number of fused-ring (bicyclic) bond motifs is 1. The van der Waals surface area contributed by atoms with Crippen LogP contribution in [0.3, 0.4) is 0 Å². The van der Waals surface area contributed by atoms with Crippen LogP contribution in [0.2, 0.25) is 0 Å². The summed E-state index contributed by atoms with van der Waals surface area (Å²) in [5.74, 6) is 0.945. The van der Waals surface area contributed by atoms with Gasteiger partial charge in [0, 0.05) is 31.3 Å². The molecule has 1 aliphatic heterocycles. The first-order valence-corrected chi connectivity index (χ1v) is 6.97. The van der Waals surface area contributed by atoms with Gasteiger partial charge in [-0.2, -0.15) is 0 Å². The van der Waals surface area contributed by atoms with Crippen molar-refractivity contribution in [1.82, 2.24) is 9.97 Å². The summed E-state index contributed by atoms with van der Waals surface area (Å²) in [4.78, 5) is 10.8. The number of aromatic nitrogens is 2. The fraction of sp³-hybridized carbons (Fsp3) is 0.714. The standard InChI is InChI=1S/C14H20FN3O/c1-19-9-14(15)6-7-18(8-14)13-11-4-2-3-5-12(11)16-10-17-13/h10H,2-9H2,1H3. The number of aryl methyl sites for hydroxylation is 1. The predicted molar refractivity (Wildman–Crippen MR) is 71.2 cm³/mol. The fourth-order valence-electron chi connectivity index (χ4n) is 3.17. The zero-order valence-corrected chi connectivity index (χ0v) is 11.4.